The van der Waals surface area contributed by atoms with Gasteiger partial charge < -0.3 is 0 Å². The molecule has 0 N–H and O–H groups in total. The molecule has 3 rings (SSSR count). The Morgan fingerprint density at radius 1 is 0.909 bits per heavy atom. The summed E-state index contributed by atoms with van der Waals surface area (Å²) < 4.78 is 0. The average Bonchev–Trinajstić information content (AvgIpc) is 3.27. The van der Waals surface area contributed by atoms with Crippen molar-refractivity contribution in [3.05, 3.63) is 71.8 Å². The number of hydroxylamine groups is 2. The molecular weight excluding hydrogens is 533 g/mol. The molecule has 3 atom stereocenters. The zero-order valence-electron chi connectivity index (χ0n) is 11.7. The summed E-state index contributed by atoms with van der Waals surface area (Å²) in [5.41, 5.74) is 2.50. The fourth-order valence-corrected chi connectivity index (χ4v) is 2.09. The van der Waals surface area contributed by atoms with Crippen LogP contribution in [0.2, 0.25) is 0 Å². The third-order valence-corrected chi connectivity index (χ3v) is 3.16. The maximum atomic E-state index is 5.65. The molecule has 1 fully saturated rings. The first-order valence-electron chi connectivity index (χ1n) is 6.59. The van der Waals surface area contributed by atoms with Gasteiger partial charge in [0.25, 0.3) is 0 Å². The number of benzene rings is 2. The van der Waals surface area contributed by atoms with Crippen LogP contribution in [0, 0.1) is 0 Å². The molecule has 0 saturated carbocycles. The number of hydrogen-bond acceptors (Lipinski definition) is 2. The van der Waals surface area contributed by atoms with Crippen LogP contribution in [-0.2, 0) is 17.6 Å². The number of halogens is 4. The van der Waals surface area contributed by atoms with Gasteiger partial charge >= 0.3 is 49.6 Å². The molecule has 7 heteroatoms. The Morgan fingerprint density at radius 3 is 1.86 bits per heavy atom. The van der Waals surface area contributed by atoms with E-state index in [9.17, 15) is 0 Å². The minimum atomic E-state index is -3.33. The van der Waals surface area contributed by atoms with Gasteiger partial charge in [-0.1, -0.05) is 60.7 Å². The number of nitrogens with zero attached hydrogens (tertiary/aromatic N) is 1. The minimum absolute atomic E-state index is 0.117. The van der Waals surface area contributed by atoms with Crippen molar-refractivity contribution in [3.8, 4) is 0 Å². The van der Waals surface area contributed by atoms with Gasteiger partial charge in [-0.05, 0) is 18.1 Å². The molecule has 2 nitrogen and oxygen atoms in total. The predicted octanol–water partition coefficient (Wildman–Crippen LogP) is 6.45. The van der Waals surface area contributed by atoms with Crippen LogP contribution in [0.5, 0.6) is 0 Å². The maximum absolute atomic E-state index is 5.65. The molecule has 2 aromatic rings. The second kappa shape index (κ2) is 8.39. The van der Waals surface area contributed by atoms with Crippen LogP contribution in [0.15, 0.2) is 60.7 Å². The van der Waals surface area contributed by atoms with E-state index in [1.54, 1.807) is 0 Å². The average molecular weight is 548 g/mol. The Balaban J connectivity index is 0.000000309. The first-order chi connectivity index (χ1) is 10.4. The Labute approximate surface area is 149 Å². The van der Waals surface area contributed by atoms with Gasteiger partial charge in [0.05, 0.1) is 6.04 Å². The van der Waals surface area contributed by atoms with Crippen LogP contribution in [0.3, 0.4) is 0 Å². The molecule has 0 amide bonds. The molecule has 2 unspecified atom stereocenters. The Hall–Kier alpha value is 0.260. The van der Waals surface area contributed by atoms with Crippen molar-refractivity contribution in [1.82, 2.24) is 5.06 Å². The van der Waals surface area contributed by atoms with E-state index in [0.29, 0.717) is 6.04 Å². The van der Waals surface area contributed by atoms with Crippen molar-refractivity contribution < 1.29 is 17.6 Å². The SMILES string of the molecule is C[C@H](c1ccccc1)N1OC1c1ccccc1.[Cl][Ta]([Cl])([Cl])[Cl]. The molecule has 1 aliphatic heterocycles. The number of rotatable bonds is 3. The fraction of sp³-hybridized carbons (Fsp3) is 0.200. The standard InChI is InChI=1S/C15H15NO.4ClH.Ta/c1-12(13-8-4-2-5-9-13)16-15(17-16)14-10-6-3-7-11-14;;;;;/h2-12,15H,1H3;4*1H;/q;;;;;+4/p-4/t12-,15?,16?;;;;;/m1...../s1. The first kappa shape index (κ1) is 18.6. The van der Waals surface area contributed by atoms with Crippen LogP contribution < -0.4 is 0 Å². The predicted molar refractivity (Wildman–Crippen MR) is 90.4 cm³/mol. The summed E-state index contributed by atoms with van der Waals surface area (Å²) in [6, 6.07) is 21.0. The van der Waals surface area contributed by atoms with Gasteiger partial charge in [-0.2, -0.15) is 0 Å². The summed E-state index contributed by atoms with van der Waals surface area (Å²) >= 11 is -3.33. The van der Waals surface area contributed by atoms with E-state index < -0.39 is 12.8 Å². The van der Waals surface area contributed by atoms with E-state index in [-0.39, 0.29) is 6.23 Å². The molecule has 0 radical (unpaired) electrons. The van der Waals surface area contributed by atoms with E-state index in [2.05, 4.69) is 43.3 Å². The van der Waals surface area contributed by atoms with Gasteiger partial charge in [-0.3, -0.25) is 4.84 Å². The summed E-state index contributed by atoms with van der Waals surface area (Å²) in [7, 11) is 20.2. The third kappa shape index (κ3) is 6.40. The van der Waals surface area contributed by atoms with Crippen LogP contribution >= 0.6 is 36.8 Å². The van der Waals surface area contributed by atoms with E-state index in [1.807, 2.05) is 29.3 Å². The summed E-state index contributed by atoms with van der Waals surface area (Å²) in [5.74, 6) is 0. The Bertz CT molecular complexity index is 573. The van der Waals surface area contributed by atoms with Gasteiger partial charge in [0.1, 0.15) is 0 Å². The molecule has 1 aliphatic rings. The molecule has 2 aromatic carbocycles. The van der Waals surface area contributed by atoms with Crippen molar-refractivity contribution in [2.24, 2.45) is 0 Å². The van der Waals surface area contributed by atoms with Gasteiger partial charge in [-0.25, -0.2) is 0 Å². The summed E-state index contributed by atoms with van der Waals surface area (Å²) in [5, 5.41) is 2.03. The van der Waals surface area contributed by atoms with Crippen LogP contribution in [0.25, 0.3) is 0 Å². The summed E-state index contributed by atoms with van der Waals surface area (Å²) in [6.45, 7) is 2.16. The molecule has 1 heterocycles. The Kier molecular flexibility index (Phi) is 7.09. The first-order valence-corrected chi connectivity index (χ1v) is 22.5. The van der Waals surface area contributed by atoms with Crippen molar-refractivity contribution in [3.63, 3.8) is 0 Å². The van der Waals surface area contributed by atoms with Gasteiger partial charge in [-0.15, -0.1) is 5.06 Å². The topological polar surface area (TPSA) is 15.5 Å². The normalized spacial score (nSPS) is 21.5. The zero-order chi connectivity index (χ0) is 16.2. The second-order valence-corrected chi connectivity index (χ2v) is 32.6. The Morgan fingerprint density at radius 2 is 1.36 bits per heavy atom. The molecule has 22 heavy (non-hydrogen) atoms. The van der Waals surface area contributed by atoms with Crippen molar-refractivity contribution in [2.45, 2.75) is 19.2 Å². The van der Waals surface area contributed by atoms with Gasteiger partial charge in [0.15, 0.2) is 6.23 Å². The van der Waals surface area contributed by atoms with Gasteiger partial charge in [0, 0.05) is 0 Å². The van der Waals surface area contributed by atoms with E-state index in [0.717, 1.165) is 0 Å². The molecular formula is C15H15Cl4NOTa. The zero-order valence-corrected chi connectivity index (χ0v) is 18.0. The van der Waals surface area contributed by atoms with E-state index in [1.165, 1.54) is 11.1 Å². The third-order valence-electron chi connectivity index (χ3n) is 3.16. The fourth-order valence-electron chi connectivity index (χ4n) is 2.09. The van der Waals surface area contributed by atoms with Crippen LogP contribution in [-0.4, -0.2) is 5.06 Å². The molecule has 0 aliphatic carbocycles. The van der Waals surface area contributed by atoms with Gasteiger partial charge in [0.2, 0.25) is 0 Å². The summed E-state index contributed by atoms with van der Waals surface area (Å²) in [4.78, 5) is 5.65. The quantitative estimate of drug-likeness (QED) is 0.410. The van der Waals surface area contributed by atoms with E-state index >= 15 is 0 Å². The molecule has 119 valence electrons. The van der Waals surface area contributed by atoms with Crippen molar-refractivity contribution in [2.75, 3.05) is 0 Å². The van der Waals surface area contributed by atoms with Crippen molar-refractivity contribution >= 4 is 36.8 Å². The van der Waals surface area contributed by atoms with E-state index in [4.69, 9.17) is 41.6 Å². The molecule has 1 saturated heterocycles. The summed E-state index contributed by atoms with van der Waals surface area (Å²) in [6.07, 6.45) is 0.117. The number of hydrogen-bond donors (Lipinski definition) is 0. The monoisotopic (exact) mass is 546 g/mol. The molecule has 0 bridgehead atoms. The van der Waals surface area contributed by atoms with Crippen molar-refractivity contribution in [1.29, 1.82) is 0 Å². The van der Waals surface area contributed by atoms with Crippen LogP contribution in [0.1, 0.15) is 30.3 Å². The van der Waals surface area contributed by atoms with Crippen LogP contribution in [0.4, 0.5) is 0 Å². The molecule has 0 spiro atoms. The second-order valence-electron chi connectivity index (χ2n) is 4.70. The molecule has 0 aromatic heterocycles.